The first kappa shape index (κ1) is 13.2. The minimum Gasteiger partial charge on any atom is -0.481 e. The predicted molar refractivity (Wildman–Crippen MR) is 81.4 cm³/mol. The van der Waals surface area contributed by atoms with E-state index in [0.29, 0.717) is 17.0 Å². The van der Waals surface area contributed by atoms with Gasteiger partial charge in [0, 0.05) is 24.0 Å². The Morgan fingerprint density at radius 3 is 2.86 bits per heavy atom. The highest BCUT2D eigenvalue weighted by Crippen LogP contribution is 2.27. The van der Waals surface area contributed by atoms with E-state index in [4.69, 9.17) is 9.15 Å². The van der Waals surface area contributed by atoms with Crippen LogP contribution in [0.5, 0.6) is 5.88 Å². The molecule has 0 spiro atoms. The smallest absolute Gasteiger partial charge is 0.424 e. The van der Waals surface area contributed by atoms with Crippen LogP contribution in [0.25, 0.3) is 28.4 Å². The number of pyridine rings is 1. The Bertz CT molecular complexity index is 890. The number of nitrogens with zero attached hydrogens (tertiary/aromatic N) is 2. The van der Waals surface area contributed by atoms with E-state index in [2.05, 4.69) is 11.6 Å². The number of ether oxygens (including phenoxy) is 1. The van der Waals surface area contributed by atoms with Crippen molar-refractivity contribution >= 4 is 17.3 Å². The van der Waals surface area contributed by atoms with Crippen LogP contribution in [-0.2, 0) is 0 Å². The van der Waals surface area contributed by atoms with Gasteiger partial charge in [0.1, 0.15) is 0 Å². The number of rotatable bonds is 3. The Morgan fingerprint density at radius 1 is 1.38 bits per heavy atom. The van der Waals surface area contributed by atoms with Gasteiger partial charge in [-0.15, -0.1) is 0 Å². The molecule has 5 heteroatoms. The molecule has 0 aliphatic rings. The van der Waals surface area contributed by atoms with Gasteiger partial charge in [0.05, 0.1) is 12.6 Å². The third-order valence-corrected chi connectivity index (χ3v) is 3.40. The van der Waals surface area contributed by atoms with Crippen LogP contribution in [0.3, 0.4) is 0 Å². The first-order valence-corrected chi connectivity index (χ1v) is 6.42. The molecule has 0 unspecified atom stereocenters. The molecule has 3 rings (SSSR count). The molecule has 21 heavy (non-hydrogen) atoms. The van der Waals surface area contributed by atoms with Gasteiger partial charge in [-0.25, -0.2) is 14.3 Å². The van der Waals surface area contributed by atoms with Gasteiger partial charge in [-0.05, 0) is 30.2 Å². The highest BCUT2D eigenvalue weighted by Gasteiger charge is 2.10. The third kappa shape index (κ3) is 2.12. The number of fused-ring (bicyclic) bond motifs is 1. The minimum absolute atomic E-state index is 0.443. The van der Waals surface area contributed by atoms with Crippen LogP contribution in [0.15, 0.2) is 46.3 Å². The number of methoxy groups -OCH3 is 1. The lowest BCUT2D eigenvalue weighted by Gasteiger charge is -2.07. The summed E-state index contributed by atoms with van der Waals surface area (Å²) in [5, 5.41) is 0. The first-order chi connectivity index (χ1) is 10.1. The third-order valence-electron chi connectivity index (χ3n) is 3.40. The highest BCUT2D eigenvalue weighted by molar-refractivity contribution is 5.82. The van der Waals surface area contributed by atoms with Crippen LogP contribution in [0, 0.1) is 6.92 Å². The van der Waals surface area contributed by atoms with Crippen molar-refractivity contribution < 1.29 is 9.15 Å². The van der Waals surface area contributed by atoms with Gasteiger partial charge in [0.2, 0.25) is 5.88 Å². The Hall–Kier alpha value is -2.82. The normalized spacial score (nSPS) is 10.8. The molecule has 0 saturated carbocycles. The maximum atomic E-state index is 11.7. The Morgan fingerprint density at radius 2 is 2.19 bits per heavy atom. The Kier molecular flexibility index (Phi) is 3.10. The molecule has 0 N–H and O–H groups in total. The molecule has 106 valence electrons. The van der Waals surface area contributed by atoms with Gasteiger partial charge in [-0.3, -0.25) is 0 Å². The second-order valence-corrected chi connectivity index (χ2v) is 4.64. The predicted octanol–water partition coefficient (Wildman–Crippen LogP) is 3.07. The monoisotopic (exact) mass is 282 g/mol. The van der Waals surface area contributed by atoms with Gasteiger partial charge in [0.25, 0.3) is 0 Å². The number of aromatic nitrogens is 2. The zero-order valence-electron chi connectivity index (χ0n) is 11.8. The van der Waals surface area contributed by atoms with Crippen molar-refractivity contribution in [2.45, 2.75) is 6.92 Å². The summed E-state index contributed by atoms with van der Waals surface area (Å²) in [4.78, 5) is 15.9. The average molecular weight is 282 g/mol. The van der Waals surface area contributed by atoms with Gasteiger partial charge in [0.15, 0.2) is 5.58 Å². The van der Waals surface area contributed by atoms with E-state index >= 15 is 0 Å². The fourth-order valence-corrected chi connectivity index (χ4v) is 2.32. The van der Waals surface area contributed by atoms with E-state index < -0.39 is 5.76 Å². The quantitative estimate of drug-likeness (QED) is 0.740. The van der Waals surface area contributed by atoms with Crippen LogP contribution in [-0.4, -0.2) is 16.7 Å². The average Bonchev–Trinajstić information content (AvgIpc) is 2.81. The fourth-order valence-electron chi connectivity index (χ4n) is 2.32. The summed E-state index contributed by atoms with van der Waals surface area (Å²) in [5.74, 6) is 0.128. The molecule has 0 fully saturated rings. The van der Waals surface area contributed by atoms with Crippen LogP contribution in [0.2, 0.25) is 0 Å². The summed E-state index contributed by atoms with van der Waals surface area (Å²) in [6.07, 6.45) is 3.19. The van der Waals surface area contributed by atoms with Gasteiger partial charge in [-0.2, -0.15) is 0 Å². The molecular formula is C16H14N2O3. The summed E-state index contributed by atoms with van der Waals surface area (Å²) in [6, 6.07) is 7.45. The van der Waals surface area contributed by atoms with Crippen molar-refractivity contribution in [3.05, 3.63) is 53.2 Å². The second-order valence-electron chi connectivity index (χ2n) is 4.64. The topological polar surface area (TPSA) is 57.3 Å². The number of hydrogen-bond donors (Lipinski definition) is 0. The molecule has 0 bridgehead atoms. The van der Waals surface area contributed by atoms with E-state index in [1.54, 1.807) is 13.3 Å². The minimum atomic E-state index is -0.443. The van der Waals surface area contributed by atoms with Crippen LogP contribution in [0.4, 0.5) is 0 Å². The molecule has 0 amide bonds. The molecule has 2 heterocycles. The van der Waals surface area contributed by atoms with Gasteiger partial charge in [-0.1, -0.05) is 12.6 Å². The van der Waals surface area contributed by atoms with E-state index in [9.17, 15) is 4.79 Å². The van der Waals surface area contributed by atoms with Crippen molar-refractivity contribution in [1.82, 2.24) is 9.55 Å². The van der Waals surface area contributed by atoms with Crippen molar-refractivity contribution in [1.29, 1.82) is 0 Å². The molecule has 0 saturated heterocycles. The number of benzene rings is 1. The van der Waals surface area contributed by atoms with Crippen LogP contribution in [0.1, 0.15) is 5.56 Å². The molecule has 0 aliphatic heterocycles. The van der Waals surface area contributed by atoms with Crippen molar-refractivity contribution in [2.75, 3.05) is 7.11 Å². The fraction of sp³-hybridized carbons (Fsp3) is 0.125. The van der Waals surface area contributed by atoms with Gasteiger partial charge >= 0.3 is 5.76 Å². The number of hydrogen-bond acceptors (Lipinski definition) is 4. The largest absolute Gasteiger partial charge is 0.481 e. The maximum absolute atomic E-state index is 11.7. The Balaban J connectivity index is 2.17. The molecule has 0 atom stereocenters. The lowest BCUT2D eigenvalue weighted by atomic mass is 10.0. The van der Waals surface area contributed by atoms with Crippen LogP contribution >= 0.6 is 0 Å². The van der Waals surface area contributed by atoms with Crippen molar-refractivity contribution in [3.8, 4) is 17.0 Å². The first-order valence-electron chi connectivity index (χ1n) is 6.42. The van der Waals surface area contributed by atoms with E-state index in [0.717, 1.165) is 16.7 Å². The summed E-state index contributed by atoms with van der Waals surface area (Å²) in [7, 11) is 1.58. The zero-order valence-corrected chi connectivity index (χ0v) is 11.8. The lowest BCUT2D eigenvalue weighted by Crippen LogP contribution is -2.06. The standard InChI is InChI=1S/C16H14N2O3/c1-4-18-13-6-5-11(8-14(13)21-16(18)19)12-9-17-15(20-3)7-10(12)2/h4-9H,1H2,2-3H3. The number of oxazole rings is 1. The molecule has 1 aromatic carbocycles. The summed E-state index contributed by atoms with van der Waals surface area (Å²) < 4.78 is 11.7. The van der Waals surface area contributed by atoms with E-state index in [1.165, 1.54) is 10.8 Å². The molecule has 0 radical (unpaired) electrons. The number of aryl methyl sites for hydroxylation is 1. The molecule has 3 aromatic rings. The molecule has 5 nitrogen and oxygen atoms in total. The van der Waals surface area contributed by atoms with E-state index in [-0.39, 0.29) is 0 Å². The summed E-state index contributed by atoms with van der Waals surface area (Å²) >= 11 is 0. The van der Waals surface area contributed by atoms with Crippen LogP contribution < -0.4 is 10.5 Å². The maximum Gasteiger partial charge on any atom is 0.424 e. The van der Waals surface area contributed by atoms with Crippen molar-refractivity contribution in [3.63, 3.8) is 0 Å². The Labute approximate surface area is 121 Å². The molecular weight excluding hydrogens is 268 g/mol. The summed E-state index contributed by atoms with van der Waals surface area (Å²) in [6.45, 7) is 5.59. The van der Waals surface area contributed by atoms with Gasteiger partial charge < -0.3 is 9.15 Å². The highest BCUT2D eigenvalue weighted by atomic mass is 16.5. The zero-order chi connectivity index (χ0) is 15.0. The van der Waals surface area contributed by atoms with E-state index in [1.807, 2.05) is 31.2 Å². The summed E-state index contributed by atoms with van der Waals surface area (Å²) in [5.41, 5.74) is 4.14. The SMILES string of the molecule is C=Cn1c(=O)oc2cc(-c3cnc(OC)cc3C)ccc21. The lowest BCUT2D eigenvalue weighted by molar-refractivity contribution is 0.397. The van der Waals surface area contributed by atoms with Crippen molar-refractivity contribution in [2.24, 2.45) is 0 Å². The second kappa shape index (κ2) is 4.94. The molecule has 0 aliphatic carbocycles. The molecule has 2 aromatic heterocycles.